The third-order valence-corrected chi connectivity index (χ3v) is 3.74. The monoisotopic (exact) mass is 321 g/mol. The van der Waals surface area contributed by atoms with E-state index in [1.54, 1.807) is 0 Å². The maximum Gasteiger partial charge on any atom is 0.303 e. The number of carbonyl (C=O) groups excluding carboxylic acids is 1. The molecule has 1 aliphatic rings. The van der Waals surface area contributed by atoms with Gasteiger partial charge in [-0.3, -0.25) is 4.79 Å². The molecule has 0 fully saturated rings. The zero-order valence-electron chi connectivity index (χ0n) is 14.8. The minimum Gasteiger partial charge on any atom is -0.483 e. The van der Waals surface area contributed by atoms with Crippen molar-refractivity contribution in [2.75, 3.05) is 11.9 Å². The smallest absolute Gasteiger partial charge is 0.303 e. The van der Waals surface area contributed by atoms with Gasteiger partial charge in [-0.2, -0.15) is 0 Å². The summed E-state index contributed by atoms with van der Waals surface area (Å²) >= 11 is 0. The number of nitrogens with one attached hydrogen (secondary N) is 1. The molecule has 0 saturated heterocycles. The van der Waals surface area contributed by atoms with Crippen LogP contribution in [0.5, 0.6) is 5.75 Å². The van der Waals surface area contributed by atoms with Gasteiger partial charge in [-0.25, -0.2) is 0 Å². The van der Waals surface area contributed by atoms with E-state index in [1.807, 2.05) is 52.8 Å². The molecule has 0 radical (unpaired) electrons. The van der Waals surface area contributed by atoms with Gasteiger partial charge in [0.1, 0.15) is 17.5 Å². The van der Waals surface area contributed by atoms with Gasteiger partial charge in [0.05, 0.1) is 6.10 Å². The summed E-state index contributed by atoms with van der Waals surface area (Å²) in [5.41, 5.74) is 1.23. The molecule has 2 rings (SSSR count). The van der Waals surface area contributed by atoms with Crippen molar-refractivity contribution < 1.29 is 19.0 Å². The summed E-state index contributed by atoms with van der Waals surface area (Å²) in [7, 11) is 0. The summed E-state index contributed by atoms with van der Waals surface area (Å²) in [4.78, 5) is 11.6. The number of anilines is 1. The molecule has 1 N–H and O–H groups in total. The Hall–Kier alpha value is -1.75. The van der Waals surface area contributed by atoms with Crippen molar-refractivity contribution in [1.82, 2.24) is 0 Å². The highest BCUT2D eigenvalue weighted by atomic mass is 16.6. The fourth-order valence-electron chi connectivity index (χ4n) is 2.87. The predicted octanol–water partition coefficient (Wildman–Crippen LogP) is 3.69. The van der Waals surface area contributed by atoms with Crippen molar-refractivity contribution in [3.05, 3.63) is 23.8 Å². The standard InChI is InChI=1S/C18H27NO4/c1-7-19-13-8-9-15-14(10-13)16(21-11(2)3)17(22-12(4)20)18(5,6)23-15/h8-11,16-17,19H,7H2,1-6H3. The minimum absolute atomic E-state index is 0.00241. The van der Waals surface area contributed by atoms with Crippen LogP contribution in [0, 0.1) is 0 Å². The molecule has 0 bridgehead atoms. The Labute approximate surface area is 138 Å². The summed E-state index contributed by atoms with van der Waals surface area (Å²) < 4.78 is 17.8. The SMILES string of the molecule is CCNc1ccc2c(c1)C(OC(C)C)C(OC(C)=O)C(C)(C)O2. The minimum atomic E-state index is -0.669. The molecular formula is C18H27NO4. The van der Waals surface area contributed by atoms with E-state index in [0.29, 0.717) is 0 Å². The first-order valence-corrected chi connectivity index (χ1v) is 8.14. The van der Waals surface area contributed by atoms with E-state index in [-0.39, 0.29) is 18.2 Å². The molecule has 0 spiro atoms. The van der Waals surface area contributed by atoms with Gasteiger partial charge in [0.15, 0.2) is 6.10 Å². The van der Waals surface area contributed by atoms with Crippen LogP contribution in [-0.4, -0.2) is 30.3 Å². The van der Waals surface area contributed by atoms with Gasteiger partial charge in [-0.1, -0.05) is 0 Å². The fourth-order valence-corrected chi connectivity index (χ4v) is 2.87. The predicted molar refractivity (Wildman–Crippen MR) is 89.8 cm³/mol. The number of hydrogen-bond donors (Lipinski definition) is 1. The molecule has 5 nitrogen and oxygen atoms in total. The third-order valence-electron chi connectivity index (χ3n) is 3.74. The molecule has 0 saturated carbocycles. The average Bonchev–Trinajstić information content (AvgIpc) is 2.42. The van der Waals surface area contributed by atoms with Crippen LogP contribution in [0.4, 0.5) is 5.69 Å². The van der Waals surface area contributed by atoms with Crippen molar-refractivity contribution in [3.8, 4) is 5.75 Å². The fraction of sp³-hybridized carbons (Fsp3) is 0.611. The highest BCUT2D eigenvalue weighted by molar-refractivity contribution is 5.66. The van der Waals surface area contributed by atoms with Gasteiger partial charge in [0.2, 0.25) is 0 Å². The highest BCUT2D eigenvalue weighted by Gasteiger charge is 2.47. The van der Waals surface area contributed by atoms with Crippen molar-refractivity contribution in [2.24, 2.45) is 0 Å². The van der Waals surface area contributed by atoms with E-state index in [0.717, 1.165) is 23.5 Å². The number of ether oxygens (including phenoxy) is 3. The second-order valence-corrected chi connectivity index (χ2v) is 6.62. The van der Waals surface area contributed by atoms with Crippen molar-refractivity contribution in [3.63, 3.8) is 0 Å². The Balaban J connectivity index is 2.48. The molecule has 2 atom stereocenters. The lowest BCUT2D eigenvalue weighted by atomic mass is 9.87. The lowest BCUT2D eigenvalue weighted by Gasteiger charge is -2.44. The third kappa shape index (κ3) is 3.96. The largest absolute Gasteiger partial charge is 0.483 e. The Morgan fingerprint density at radius 2 is 2.09 bits per heavy atom. The van der Waals surface area contributed by atoms with Gasteiger partial charge in [0.25, 0.3) is 0 Å². The van der Waals surface area contributed by atoms with Gasteiger partial charge in [-0.05, 0) is 52.8 Å². The van der Waals surface area contributed by atoms with Crippen molar-refractivity contribution in [1.29, 1.82) is 0 Å². The molecule has 1 heterocycles. The van der Waals surface area contributed by atoms with E-state index in [4.69, 9.17) is 14.2 Å². The Morgan fingerprint density at radius 3 is 2.65 bits per heavy atom. The second-order valence-electron chi connectivity index (χ2n) is 6.62. The molecule has 0 amide bonds. The van der Waals surface area contributed by atoms with Crippen LogP contribution in [0.1, 0.15) is 53.2 Å². The molecular weight excluding hydrogens is 294 g/mol. The highest BCUT2D eigenvalue weighted by Crippen LogP contribution is 2.44. The van der Waals surface area contributed by atoms with Crippen LogP contribution in [0.15, 0.2) is 18.2 Å². The number of rotatable bonds is 5. The van der Waals surface area contributed by atoms with Crippen molar-refractivity contribution >= 4 is 11.7 Å². The summed E-state index contributed by atoms with van der Waals surface area (Å²) in [6, 6.07) is 5.93. The molecule has 23 heavy (non-hydrogen) atoms. The maximum absolute atomic E-state index is 11.6. The molecule has 1 aliphatic heterocycles. The first-order valence-electron chi connectivity index (χ1n) is 8.14. The second kappa shape index (κ2) is 6.79. The van der Waals surface area contributed by atoms with Crippen LogP contribution >= 0.6 is 0 Å². The summed E-state index contributed by atoms with van der Waals surface area (Å²) in [6.45, 7) is 12.1. The van der Waals surface area contributed by atoms with E-state index in [9.17, 15) is 4.79 Å². The number of fused-ring (bicyclic) bond motifs is 1. The molecule has 1 aromatic rings. The van der Waals surface area contributed by atoms with Crippen LogP contribution in [0.2, 0.25) is 0 Å². The topological polar surface area (TPSA) is 56.8 Å². The Morgan fingerprint density at radius 1 is 1.39 bits per heavy atom. The van der Waals surface area contributed by atoms with E-state index < -0.39 is 11.7 Å². The summed E-state index contributed by atoms with van der Waals surface area (Å²) in [5.74, 6) is 0.432. The van der Waals surface area contributed by atoms with Gasteiger partial charge in [0, 0.05) is 24.7 Å². The Kier molecular flexibility index (Phi) is 5.19. The zero-order chi connectivity index (χ0) is 17.2. The lowest BCUT2D eigenvalue weighted by molar-refractivity contribution is -0.187. The number of carbonyl (C=O) groups is 1. The maximum atomic E-state index is 11.6. The zero-order valence-corrected chi connectivity index (χ0v) is 14.8. The normalized spacial score (nSPS) is 22.2. The quantitative estimate of drug-likeness (QED) is 0.838. The lowest BCUT2D eigenvalue weighted by Crippen LogP contribution is -2.52. The first-order chi connectivity index (χ1) is 10.7. The first kappa shape index (κ1) is 17.6. The molecule has 128 valence electrons. The van der Waals surface area contributed by atoms with Gasteiger partial charge < -0.3 is 19.5 Å². The molecule has 0 aliphatic carbocycles. The Bertz CT molecular complexity index is 568. The average molecular weight is 321 g/mol. The van der Waals surface area contributed by atoms with Crippen LogP contribution < -0.4 is 10.1 Å². The van der Waals surface area contributed by atoms with Crippen LogP contribution in [0.25, 0.3) is 0 Å². The molecule has 2 unspecified atom stereocenters. The van der Waals surface area contributed by atoms with Crippen LogP contribution in [0.3, 0.4) is 0 Å². The number of benzene rings is 1. The molecule has 5 heteroatoms. The van der Waals surface area contributed by atoms with Gasteiger partial charge in [-0.15, -0.1) is 0 Å². The van der Waals surface area contributed by atoms with Crippen molar-refractivity contribution in [2.45, 2.75) is 65.5 Å². The summed E-state index contributed by atoms with van der Waals surface area (Å²) in [6.07, 6.45) is -0.870. The van der Waals surface area contributed by atoms with E-state index in [1.165, 1.54) is 6.92 Å². The summed E-state index contributed by atoms with van der Waals surface area (Å²) in [5, 5.41) is 3.29. The van der Waals surface area contributed by atoms with E-state index in [2.05, 4.69) is 5.32 Å². The van der Waals surface area contributed by atoms with Gasteiger partial charge >= 0.3 is 5.97 Å². The molecule has 1 aromatic carbocycles. The molecule has 0 aromatic heterocycles. The van der Waals surface area contributed by atoms with E-state index >= 15 is 0 Å². The number of hydrogen-bond acceptors (Lipinski definition) is 5. The van der Waals surface area contributed by atoms with Crippen LogP contribution in [-0.2, 0) is 14.3 Å². The number of esters is 1.